The molecule has 0 spiro atoms. The van der Waals surface area contributed by atoms with Crippen LogP contribution in [-0.4, -0.2) is 41.6 Å². The van der Waals surface area contributed by atoms with Gasteiger partial charge in [0.05, 0.1) is 12.6 Å². The van der Waals surface area contributed by atoms with Crippen molar-refractivity contribution in [2.45, 2.75) is 12.8 Å². The van der Waals surface area contributed by atoms with E-state index in [1.54, 1.807) is 30.3 Å². The summed E-state index contributed by atoms with van der Waals surface area (Å²) >= 11 is 5.97. The van der Waals surface area contributed by atoms with E-state index < -0.39 is 35.6 Å². The van der Waals surface area contributed by atoms with Gasteiger partial charge >= 0.3 is 35.5 Å². The average molecular weight is 604 g/mol. The number of fused-ring (bicyclic) bond motifs is 1. The van der Waals surface area contributed by atoms with Crippen molar-refractivity contribution in [1.82, 2.24) is 4.98 Å². The molecule has 0 saturated heterocycles. The van der Waals surface area contributed by atoms with Gasteiger partial charge in [-0.25, -0.2) is 9.18 Å². The third-order valence-corrected chi connectivity index (χ3v) is 6.68. The molecule has 1 saturated carbocycles. The first-order valence-corrected chi connectivity index (χ1v) is 12.7. The van der Waals surface area contributed by atoms with Crippen LogP contribution in [0.1, 0.15) is 14.3 Å². The summed E-state index contributed by atoms with van der Waals surface area (Å²) in [4.78, 5) is 41.0. The number of carbonyl (C=O) groups excluding carboxylic acids is 2. The Labute approximate surface area is 267 Å². The number of aliphatic carboxylic acids is 1. The fraction of sp³-hybridized carbons (Fsp3) is 0.172. The number of amides is 2. The van der Waals surface area contributed by atoms with Gasteiger partial charge < -0.3 is 31.4 Å². The molecular formula is C29H24ClFN3NaO7. The van der Waals surface area contributed by atoms with Gasteiger partial charge in [-0.2, -0.15) is 0 Å². The van der Waals surface area contributed by atoms with Crippen molar-refractivity contribution in [2.24, 2.45) is 5.41 Å². The molecule has 10 nitrogen and oxygen atoms in total. The average Bonchev–Trinajstić information content (AvgIpc) is 3.75. The van der Waals surface area contributed by atoms with E-state index >= 15 is 4.39 Å². The molecule has 1 aliphatic rings. The molecule has 0 atom stereocenters. The van der Waals surface area contributed by atoms with Gasteiger partial charge in [-0.15, -0.1) is 0 Å². The normalized spacial score (nSPS) is 12.9. The van der Waals surface area contributed by atoms with Crippen molar-refractivity contribution in [3.63, 3.8) is 0 Å². The zero-order valence-electron chi connectivity index (χ0n) is 23.6. The largest absolute Gasteiger partial charge is 1.00 e. The van der Waals surface area contributed by atoms with Gasteiger partial charge in [-0.1, -0.05) is 17.7 Å². The SMILES string of the molecule is COc1cc2c(Oc3ccc(NC(=O)C4(C(=O)Nc5cccc(Cl)c5)CC4)cc3F)ccnc2cc1OCC(=O)O.[H-].[Na+]. The summed E-state index contributed by atoms with van der Waals surface area (Å²) in [6.07, 6.45) is 2.16. The van der Waals surface area contributed by atoms with Gasteiger partial charge in [-0.05, 0) is 55.3 Å². The molecule has 1 aromatic heterocycles. The Morgan fingerprint density at radius 3 is 2.31 bits per heavy atom. The molecule has 0 bridgehead atoms. The predicted octanol–water partition coefficient (Wildman–Crippen LogP) is 2.77. The van der Waals surface area contributed by atoms with Gasteiger partial charge in [0.15, 0.2) is 29.7 Å². The van der Waals surface area contributed by atoms with E-state index in [2.05, 4.69) is 15.6 Å². The zero-order valence-corrected chi connectivity index (χ0v) is 25.3. The smallest absolute Gasteiger partial charge is 1.00 e. The first-order valence-electron chi connectivity index (χ1n) is 12.4. The summed E-state index contributed by atoms with van der Waals surface area (Å²) in [5.41, 5.74) is -0.225. The van der Waals surface area contributed by atoms with Gasteiger partial charge in [0, 0.05) is 40.1 Å². The van der Waals surface area contributed by atoms with Gasteiger partial charge in [0.1, 0.15) is 11.2 Å². The van der Waals surface area contributed by atoms with E-state index in [4.69, 9.17) is 30.9 Å². The predicted molar refractivity (Wildman–Crippen MR) is 149 cm³/mol. The monoisotopic (exact) mass is 603 g/mol. The Kier molecular flexibility index (Phi) is 9.57. The Balaban J connectivity index is 0.00000253. The number of carboxylic acid groups (broad SMARTS) is 1. The van der Waals surface area contributed by atoms with E-state index in [0.29, 0.717) is 34.5 Å². The van der Waals surface area contributed by atoms with Crippen molar-refractivity contribution >= 4 is 51.7 Å². The first-order chi connectivity index (χ1) is 19.7. The quantitative estimate of drug-likeness (QED) is 0.186. The molecule has 3 N–H and O–H groups in total. The van der Waals surface area contributed by atoms with E-state index in [1.165, 1.54) is 37.6 Å². The number of pyridine rings is 1. The maximum Gasteiger partial charge on any atom is 1.00 e. The third kappa shape index (κ3) is 6.76. The Morgan fingerprint density at radius 1 is 0.976 bits per heavy atom. The minimum Gasteiger partial charge on any atom is -1.00 e. The first kappa shape index (κ1) is 31.0. The van der Waals surface area contributed by atoms with Crippen LogP contribution in [0.25, 0.3) is 10.9 Å². The van der Waals surface area contributed by atoms with E-state index in [0.717, 1.165) is 6.07 Å². The molecule has 5 rings (SSSR count). The van der Waals surface area contributed by atoms with Gasteiger partial charge in [0.25, 0.3) is 0 Å². The number of halogens is 2. The molecule has 42 heavy (non-hydrogen) atoms. The molecule has 1 fully saturated rings. The number of carbonyl (C=O) groups is 3. The van der Waals surface area contributed by atoms with Crippen LogP contribution in [0.3, 0.4) is 0 Å². The van der Waals surface area contributed by atoms with Crippen LogP contribution >= 0.6 is 11.6 Å². The van der Waals surface area contributed by atoms with Crippen molar-refractivity contribution in [3.8, 4) is 23.0 Å². The van der Waals surface area contributed by atoms with Gasteiger partial charge in [0.2, 0.25) is 11.8 Å². The second-order valence-electron chi connectivity index (χ2n) is 9.26. The number of rotatable bonds is 10. The summed E-state index contributed by atoms with van der Waals surface area (Å²) in [6.45, 7) is -0.570. The van der Waals surface area contributed by atoms with Crippen LogP contribution in [0.15, 0.2) is 66.9 Å². The number of hydrogen-bond donors (Lipinski definition) is 3. The molecule has 4 aromatic rings. The molecule has 0 aliphatic heterocycles. The van der Waals surface area contributed by atoms with Crippen LogP contribution in [0.5, 0.6) is 23.0 Å². The molecule has 2 amide bonds. The Morgan fingerprint density at radius 2 is 1.69 bits per heavy atom. The van der Waals surface area contributed by atoms with Gasteiger partial charge in [-0.3, -0.25) is 14.6 Å². The minimum absolute atomic E-state index is 0. The van der Waals surface area contributed by atoms with Crippen molar-refractivity contribution in [2.75, 3.05) is 24.4 Å². The standard InChI is InChI=1S/C29H23ClFN3O7.Na.H/c1-39-24-13-19-21(14-25(24)40-15-26(35)36)32-10-7-22(19)41-23-6-5-18(12-20(23)31)34-28(38)29(8-9-29)27(37)33-17-4-2-3-16(30)11-17;;/h2-7,10-14H,8-9,15H2,1H3,(H,33,37)(H,34,38)(H,35,36);;/q;+1;-1. The van der Waals surface area contributed by atoms with Crippen molar-refractivity contribution in [1.29, 1.82) is 0 Å². The number of aromatic nitrogens is 1. The molecule has 3 aromatic carbocycles. The fourth-order valence-corrected chi connectivity index (χ4v) is 4.35. The number of methoxy groups -OCH3 is 1. The van der Waals surface area contributed by atoms with E-state index in [1.807, 2.05) is 0 Å². The van der Waals surface area contributed by atoms with Crippen LogP contribution in [0.4, 0.5) is 15.8 Å². The van der Waals surface area contributed by atoms with Crippen molar-refractivity contribution in [3.05, 3.63) is 77.7 Å². The number of nitrogens with zero attached hydrogens (tertiary/aromatic N) is 1. The van der Waals surface area contributed by atoms with Crippen LogP contribution in [-0.2, 0) is 14.4 Å². The molecule has 0 unspecified atom stereocenters. The molecule has 212 valence electrons. The summed E-state index contributed by atoms with van der Waals surface area (Å²) in [6, 6.07) is 15.1. The summed E-state index contributed by atoms with van der Waals surface area (Å²) in [5, 5.41) is 15.1. The molecule has 13 heteroatoms. The zero-order chi connectivity index (χ0) is 29.1. The second kappa shape index (κ2) is 13.0. The van der Waals surface area contributed by atoms with E-state index in [-0.39, 0.29) is 59.7 Å². The topological polar surface area (TPSA) is 136 Å². The molecule has 1 heterocycles. The van der Waals surface area contributed by atoms with Crippen LogP contribution < -0.4 is 54.4 Å². The number of carboxylic acids is 1. The summed E-state index contributed by atoms with van der Waals surface area (Å²) in [5.74, 6) is -2.37. The molecule has 0 radical (unpaired) electrons. The number of ether oxygens (including phenoxy) is 3. The maximum absolute atomic E-state index is 15.1. The van der Waals surface area contributed by atoms with Crippen LogP contribution in [0, 0.1) is 11.2 Å². The summed E-state index contributed by atoms with van der Waals surface area (Å²) < 4.78 is 31.5. The second-order valence-corrected chi connectivity index (χ2v) is 9.70. The fourth-order valence-electron chi connectivity index (χ4n) is 4.16. The Hall–Kier alpha value is -3.90. The van der Waals surface area contributed by atoms with Crippen LogP contribution in [0.2, 0.25) is 5.02 Å². The number of hydrogen-bond acceptors (Lipinski definition) is 7. The number of nitrogens with one attached hydrogen (secondary N) is 2. The minimum atomic E-state index is -1.25. The number of anilines is 2. The Bertz CT molecular complexity index is 1690. The molecular weight excluding hydrogens is 580 g/mol. The third-order valence-electron chi connectivity index (χ3n) is 6.45. The van der Waals surface area contributed by atoms with Crippen molar-refractivity contribution < 1.29 is 69.1 Å². The summed E-state index contributed by atoms with van der Waals surface area (Å²) in [7, 11) is 1.39. The maximum atomic E-state index is 15.1. The van der Waals surface area contributed by atoms with E-state index in [9.17, 15) is 14.4 Å². The number of benzene rings is 3. The molecule has 1 aliphatic carbocycles.